The van der Waals surface area contributed by atoms with Crippen molar-refractivity contribution < 1.29 is 0 Å². The second-order valence-corrected chi connectivity index (χ2v) is 7.64. The summed E-state index contributed by atoms with van der Waals surface area (Å²) in [7, 11) is 0. The number of aromatic nitrogens is 2. The Kier molecular flexibility index (Phi) is 4.16. The van der Waals surface area contributed by atoms with Gasteiger partial charge in [-0.15, -0.1) is 11.8 Å². The average molecular weight is 311 g/mol. The van der Waals surface area contributed by atoms with Crippen molar-refractivity contribution in [2.24, 2.45) is 0 Å². The Morgan fingerprint density at radius 2 is 2.21 bits per heavy atom. The summed E-state index contributed by atoms with van der Waals surface area (Å²) in [5.41, 5.74) is 0. The molecule has 1 aliphatic rings. The zero-order valence-electron chi connectivity index (χ0n) is 7.77. The van der Waals surface area contributed by atoms with Crippen LogP contribution in [0.5, 0.6) is 0 Å². The predicted molar refractivity (Wildman–Crippen MR) is 69.3 cm³/mol. The maximum atomic E-state index is 4.42. The Morgan fingerprint density at radius 1 is 1.43 bits per heavy atom. The Balaban J connectivity index is 2.14. The van der Waals surface area contributed by atoms with Crippen LogP contribution in [0.1, 0.15) is 24.4 Å². The summed E-state index contributed by atoms with van der Waals surface area (Å²) in [6.07, 6.45) is 1.21. The smallest absolute Gasteiger partial charge is 0.179 e. The maximum absolute atomic E-state index is 4.42. The predicted octanol–water partition coefficient (Wildman–Crippen LogP) is 3.60. The molecular weight excluding hydrogens is 300 g/mol. The summed E-state index contributed by atoms with van der Waals surface area (Å²) in [5, 5.41) is 1.19. The fourth-order valence-electron chi connectivity index (χ4n) is 1.47. The second kappa shape index (κ2) is 5.18. The second-order valence-electron chi connectivity index (χ2n) is 3.01. The van der Waals surface area contributed by atoms with Gasteiger partial charge in [0, 0.05) is 16.8 Å². The molecule has 0 bridgehead atoms. The van der Waals surface area contributed by atoms with E-state index < -0.39 is 0 Å². The molecule has 0 N–H and O–H groups in total. The van der Waals surface area contributed by atoms with Gasteiger partial charge in [-0.2, -0.15) is 16.1 Å². The molecule has 0 aromatic carbocycles. The number of hydrogen-bond donors (Lipinski definition) is 0. The number of nitrogens with zero attached hydrogens (tertiary/aromatic N) is 2. The molecule has 1 aliphatic heterocycles. The summed E-state index contributed by atoms with van der Waals surface area (Å²) in [5.74, 6) is 3.51. The lowest BCUT2D eigenvalue weighted by molar-refractivity contribution is 0.761. The summed E-state index contributed by atoms with van der Waals surface area (Å²) in [6.45, 7) is 2.25. The largest absolute Gasteiger partial charge is 0.211 e. The molecule has 14 heavy (non-hydrogen) atoms. The first kappa shape index (κ1) is 11.2. The van der Waals surface area contributed by atoms with Crippen LogP contribution in [-0.4, -0.2) is 26.1 Å². The van der Waals surface area contributed by atoms with Crippen LogP contribution in [0, 0.1) is 0 Å². The van der Waals surface area contributed by atoms with Crippen LogP contribution in [0.15, 0.2) is 3.92 Å². The van der Waals surface area contributed by atoms with Crippen molar-refractivity contribution in [2.75, 3.05) is 11.5 Å². The summed E-state index contributed by atoms with van der Waals surface area (Å²) >= 11 is 8.88. The highest BCUT2D eigenvalue weighted by Crippen LogP contribution is 2.43. The average Bonchev–Trinajstić information content (AvgIpc) is 2.65. The zero-order chi connectivity index (χ0) is 9.97. The fourth-order valence-corrected chi connectivity index (χ4v) is 5.39. The lowest BCUT2D eigenvalue weighted by atomic mass is 10.2. The van der Waals surface area contributed by atoms with E-state index in [9.17, 15) is 0 Å². The first-order valence-electron chi connectivity index (χ1n) is 4.53. The van der Waals surface area contributed by atoms with Crippen LogP contribution in [-0.2, 0) is 0 Å². The molecule has 1 saturated heterocycles. The SMILES string of the molecule is CCC1SCCSC1c1nsc(Br)n1. The van der Waals surface area contributed by atoms with Gasteiger partial charge < -0.3 is 0 Å². The van der Waals surface area contributed by atoms with E-state index in [4.69, 9.17) is 0 Å². The number of thioether (sulfide) groups is 2. The van der Waals surface area contributed by atoms with Crippen LogP contribution in [0.25, 0.3) is 0 Å². The molecule has 78 valence electrons. The van der Waals surface area contributed by atoms with Crippen LogP contribution >= 0.6 is 51.0 Å². The molecule has 2 unspecified atom stereocenters. The molecule has 0 spiro atoms. The van der Waals surface area contributed by atoms with E-state index in [0.29, 0.717) is 10.5 Å². The van der Waals surface area contributed by atoms with Gasteiger partial charge in [-0.1, -0.05) is 6.92 Å². The van der Waals surface area contributed by atoms with Gasteiger partial charge in [-0.3, -0.25) is 0 Å². The minimum absolute atomic E-state index is 0.501. The zero-order valence-corrected chi connectivity index (χ0v) is 11.8. The van der Waals surface area contributed by atoms with Crippen LogP contribution in [0.4, 0.5) is 0 Å². The standard InChI is InChI=1S/C8H11BrN2S3/c1-2-5-6(13-4-3-12-5)7-10-8(9)14-11-7/h5-6H,2-4H2,1H3. The molecule has 6 heteroatoms. The highest BCUT2D eigenvalue weighted by atomic mass is 79.9. The van der Waals surface area contributed by atoms with Crippen molar-refractivity contribution in [1.82, 2.24) is 9.36 Å². The lowest BCUT2D eigenvalue weighted by Crippen LogP contribution is -2.19. The first-order chi connectivity index (χ1) is 6.81. The molecule has 0 aliphatic carbocycles. The quantitative estimate of drug-likeness (QED) is 0.833. The Hall–Kier alpha value is 0.740. The van der Waals surface area contributed by atoms with Gasteiger partial charge in [0.1, 0.15) is 0 Å². The van der Waals surface area contributed by atoms with Crippen LogP contribution in [0.3, 0.4) is 0 Å². The summed E-state index contributed by atoms with van der Waals surface area (Å²) in [6, 6.07) is 0. The van der Waals surface area contributed by atoms with E-state index in [-0.39, 0.29) is 0 Å². The van der Waals surface area contributed by atoms with Crippen molar-refractivity contribution in [3.8, 4) is 0 Å². The van der Waals surface area contributed by atoms with E-state index in [1.165, 1.54) is 29.5 Å². The molecule has 0 saturated carbocycles. The van der Waals surface area contributed by atoms with Gasteiger partial charge in [0.15, 0.2) is 9.74 Å². The van der Waals surface area contributed by atoms with Gasteiger partial charge in [-0.25, -0.2) is 4.98 Å². The Morgan fingerprint density at radius 3 is 2.86 bits per heavy atom. The van der Waals surface area contributed by atoms with Crippen molar-refractivity contribution in [3.05, 3.63) is 9.74 Å². The number of rotatable bonds is 2. The van der Waals surface area contributed by atoms with Gasteiger partial charge in [0.05, 0.1) is 5.25 Å². The molecule has 1 aromatic rings. The highest BCUT2D eigenvalue weighted by molar-refractivity contribution is 9.11. The summed E-state index contributed by atoms with van der Waals surface area (Å²) in [4.78, 5) is 4.42. The minimum atomic E-state index is 0.501. The van der Waals surface area contributed by atoms with Crippen molar-refractivity contribution in [1.29, 1.82) is 0 Å². The van der Waals surface area contributed by atoms with Crippen molar-refractivity contribution >= 4 is 51.0 Å². The van der Waals surface area contributed by atoms with Crippen molar-refractivity contribution in [2.45, 2.75) is 23.8 Å². The lowest BCUT2D eigenvalue weighted by Gasteiger charge is -2.27. The van der Waals surface area contributed by atoms with Crippen LogP contribution in [0.2, 0.25) is 0 Å². The van der Waals surface area contributed by atoms with Crippen LogP contribution < -0.4 is 0 Å². The Bertz CT molecular complexity index is 305. The van der Waals surface area contributed by atoms with Gasteiger partial charge >= 0.3 is 0 Å². The van der Waals surface area contributed by atoms with E-state index >= 15 is 0 Å². The highest BCUT2D eigenvalue weighted by Gasteiger charge is 2.29. The van der Waals surface area contributed by atoms with E-state index in [1.807, 2.05) is 11.8 Å². The molecule has 2 heterocycles. The van der Waals surface area contributed by atoms with E-state index in [0.717, 1.165) is 9.74 Å². The minimum Gasteiger partial charge on any atom is -0.211 e. The number of halogens is 1. The molecule has 0 radical (unpaired) electrons. The van der Waals surface area contributed by atoms with Gasteiger partial charge in [0.2, 0.25) is 0 Å². The molecular formula is C8H11BrN2S3. The monoisotopic (exact) mass is 310 g/mol. The molecule has 0 amide bonds. The molecule has 2 atom stereocenters. The molecule has 1 aromatic heterocycles. The molecule has 2 rings (SSSR count). The normalized spacial score (nSPS) is 27.9. The molecule has 2 nitrogen and oxygen atoms in total. The third kappa shape index (κ3) is 2.46. The van der Waals surface area contributed by atoms with Gasteiger partial charge in [0.25, 0.3) is 0 Å². The van der Waals surface area contributed by atoms with Gasteiger partial charge in [-0.05, 0) is 33.9 Å². The Labute approximate surface area is 105 Å². The van der Waals surface area contributed by atoms with Crippen molar-refractivity contribution in [3.63, 3.8) is 0 Å². The maximum Gasteiger partial charge on any atom is 0.179 e. The van der Waals surface area contributed by atoms with E-state index in [1.54, 1.807) is 0 Å². The topological polar surface area (TPSA) is 25.8 Å². The summed E-state index contributed by atoms with van der Waals surface area (Å²) < 4.78 is 5.29. The first-order valence-corrected chi connectivity index (χ1v) is 8.20. The van der Waals surface area contributed by atoms with E-state index in [2.05, 4.69) is 44.0 Å². The third-order valence-electron chi connectivity index (χ3n) is 2.12. The third-order valence-corrected chi connectivity index (χ3v) is 6.50. The fraction of sp³-hybridized carbons (Fsp3) is 0.750. The molecule has 1 fully saturated rings. The number of hydrogen-bond acceptors (Lipinski definition) is 5.